The van der Waals surface area contributed by atoms with Crippen LogP contribution in [-0.2, 0) is 4.79 Å². The van der Waals surface area contributed by atoms with Crippen LogP contribution in [0.3, 0.4) is 0 Å². The maximum Gasteiger partial charge on any atom is 0.325 e. The van der Waals surface area contributed by atoms with E-state index in [-0.39, 0.29) is 11.9 Å². The van der Waals surface area contributed by atoms with Crippen LogP contribution in [0.15, 0.2) is 30.3 Å². The number of hydrogen-bond acceptors (Lipinski definition) is 3. The van der Waals surface area contributed by atoms with Gasteiger partial charge in [0.15, 0.2) is 0 Å². The van der Waals surface area contributed by atoms with Crippen molar-refractivity contribution < 1.29 is 19.5 Å². The van der Waals surface area contributed by atoms with Crippen molar-refractivity contribution >= 4 is 23.5 Å². The summed E-state index contributed by atoms with van der Waals surface area (Å²) in [6.07, 6.45) is 0. The van der Waals surface area contributed by atoms with E-state index >= 15 is 0 Å². The van der Waals surface area contributed by atoms with E-state index in [2.05, 4.69) is 29.0 Å². The van der Waals surface area contributed by atoms with Crippen LogP contribution in [0.4, 0.5) is 5.69 Å². The van der Waals surface area contributed by atoms with Crippen molar-refractivity contribution in [1.29, 1.82) is 0 Å². The van der Waals surface area contributed by atoms with Crippen molar-refractivity contribution in [3.8, 4) is 0 Å². The Morgan fingerprint density at radius 3 is 2.07 bits per heavy atom. The first-order valence-electron chi connectivity index (χ1n) is 8.75. The summed E-state index contributed by atoms with van der Waals surface area (Å²) >= 11 is 0. The molecule has 1 heterocycles. The van der Waals surface area contributed by atoms with E-state index in [9.17, 15) is 14.4 Å². The van der Waals surface area contributed by atoms with E-state index in [0.29, 0.717) is 16.8 Å². The molecule has 0 saturated heterocycles. The smallest absolute Gasteiger partial charge is 0.325 e. The Morgan fingerprint density at radius 2 is 1.59 bits per heavy atom. The second-order valence-electron chi connectivity index (χ2n) is 6.81. The third-order valence-electron chi connectivity index (χ3n) is 4.37. The van der Waals surface area contributed by atoms with Crippen LogP contribution in [0.2, 0.25) is 0 Å². The SMILES string of the molecule is Cc1cc(C(=O)Nc2ccc(C(=O)NC(C)C(=O)O)cc2)c(C)n1C(C)C. The van der Waals surface area contributed by atoms with Crippen LogP contribution in [0, 0.1) is 13.8 Å². The Bertz CT molecular complexity index is 866. The van der Waals surface area contributed by atoms with Gasteiger partial charge in [0.25, 0.3) is 11.8 Å². The van der Waals surface area contributed by atoms with Crippen LogP contribution >= 0.6 is 0 Å². The first kappa shape index (κ1) is 20.2. The van der Waals surface area contributed by atoms with E-state index in [1.165, 1.54) is 19.1 Å². The molecule has 144 valence electrons. The second kappa shape index (κ2) is 8.07. The molecule has 2 rings (SSSR count). The predicted octanol–water partition coefficient (Wildman–Crippen LogP) is 3.14. The zero-order valence-corrected chi connectivity index (χ0v) is 16.2. The lowest BCUT2D eigenvalue weighted by Gasteiger charge is -2.13. The Balaban J connectivity index is 2.11. The molecule has 2 amide bonds. The normalized spacial score (nSPS) is 11.9. The first-order valence-corrected chi connectivity index (χ1v) is 8.75. The molecule has 2 aromatic rings. The number of anilines is 1. The third-order valence-corrected chi connectivity index (χ3v) is 4.37. The number of aliphatic carboxylic acids is 1. The summed E-state index contributed by atoms with van der Waals surface area (Å²) in [4.78, 5) is 35.4. The number of aromatic nitrogens is 1. The summed E-state index contributed by atoms with van der Waals surface area (Å²) < 4.78 is 2.10. The molecule has 7 nitrogen and oxygen atoms in total. The van der Waals surface area contributed by atoms with E-state index in [1.807, 2.05) is 19.9 Å². The van der Waals surface area contributed by atoms with Crippen LogP contribution in [0.5, 0.6) is 0 Å². The molecule has 0 aliphatic carbocycles. The standard InChI is InChI=1S/C20H25N3O4/c1-11(2)23-12(3)10-17(14(23)5)19(25)22-16-8-6-15(7-9-16)18(24)21-13(4)20(26)27/h6-11,13H,1-5H3,(H,21,24)(H,22,25)(H,26,27). The minimum Gasteiger partial charge on any atom is -0.480 e. The molecular formula is C20H25N3O4. The van der Waals surface area contributed by atoms with Crippen LogP contribution in [0.25, 0.3) is 0 Å². The highest BCUT2D eigenvalue weighted by Gasteiger charge is 2.18. The summed E-state index contributed by atoms with van der Waals surface area (Å²) in [7, 11) is 0. The van der Waals surface area contributed by atoms with Crippen molar-refractivity contribution in [1.82, 2.24) is 9.88 Å². The van der Waals surface area contributed by atoms with Crippen molar-refractivity contribution in [2.75, 3.05) is 5.32 Å². The summed E-state index contributed by atoms with van der Waals surface area (Å²) in [5.41, 5.74) is 3.40. The second-order valence-corrected chi connectivity index (χ2v) is 6.81. The number of benzene rings is 1. The molecule has 0 bridgehead atoms. The van der Waals surface area contributed by atoms with Gasteiger partial charge in [-0.3, -0.25) is 14.4 Å². The molecule has 27 heavy (non-hydrogen) atoms. The highest BCUT2D eigenvalue weighted by atomic mass is 16.4. The van der Waals surface area contributed by atoms with Gasteiger partial charge in [0.05, 0.1) is 5.56 Å². The molecule has 1 aromatic heterocycles. The molecular weight excluding hydrogens is 346 g/mol. The molecule has 0 aliphatic rings. The third kappa shape index (κ3) is 4.55. The number of rotatable bonds is 6. The molecule has 1 aromatic carbocycles. The van der Waals surface area contributed by atoms with Gasteiger partial charge in [-0.2, -0.15) is 0 Å². The van der Waals surface area contributed by atoms with Gasteiger partial charge in [0.2, 0.25) is 0 Å². The van der Waals surface area contributed by atoms with Gasteiger partial charge in [0.1, 0.15) is 6.04 Å². The molecule has 1 unspecified atom stereocenters. The molecule has 3 N–H and O–H groups in total. The Labute approximate surface area is 158 Å². The summed E-state index contributed by atoms with van der Waals surface area (Å²) in [5.74, 6) is -1.80. The van der Waals surface area contributed by atoms with Gasteiger partial charge < -0.3 is 20.3 Å². The topological polar surface area (TPSA) is 100 Å². The van der Waals surface area contributed by atoms with Crippen molar-refractivity contribution in [3.63, 3.8) is 0 Å². The first-order chi connectivity index (χ1) is 12.6. The van der Waals surface area contributed by atoms with Crippen molar-refractivity contribution in [3.05, 3.63) is 52.8 Å². The zero-order chi connectivity index (χ0) is 20.3. The van der Waals surface area contributed by atoms with Gasteiger partial charge in [-0.1, -0.05) is 0 Å². The zero-order valence-electron chi connectivity index (χ0n) is 16.2. The summed E-state index contributed by atoms with van der Waals surface area (Å²) in [6.45, 7) is 9.41. The van der Waals surface area contributed by atoms with Crippen molar-refractivity contribution in [2.24, 2.45) is 0 Å². The number of carboxylic acids is 1. The number of carbonyl (C=O) groups is 3. The predicted molar refractivity (Wildman–Crippen MR) is 103 cm³/mol. The number of hydrogen-bond donors (Lipinski definition) is 3. The fraction of sp³-hybridized carbons (Fsp3) is 0.350. The average molecular weight is 371 g/mol. The summed E-state index contributed by atoms with van der Waals surface area (Å²) in [5, 5.41) is 14.0. The molecule has 0 aliphatic heterocycles. The fourth-order valence-electron chi connectivity index (χ4n) is 3.05. The largest absolute Gasteiger partial charge is 0.480 e. The lowest BCUT2D eigenvalue weighted by atomic mass is 10.1. The average Bonchev–Trinajstić information content (AvgIpc) is 2.89. The van der Waals surface area contributed by atoms with Gasteiger partial charge in [-0.15, -0.1) is 0 Å². The highest BCUT2D eigenvalue weighted by Crippen LogP contribution is 2.21. The van der Waals surface area contributed by atoms with Crippen LogP contribution in [0.1, 0.15) is 58.9 Å². The van der Waals surface area contributed by atoms with E-state index in [0.717, 1.165) is 11.4 Å². The molecule has 0 fully saturated rings. The number of nitrogens with zero attached hydrogens (tertiary/aromatic N) is 1. The van der Waals surface area contributed by atoms with Crippen LogP contribution in [-0.4, -0.2) is 33.5 Å². The number of carboxylic acid groups (broad SMARTS) is 1. The van der Waals surface area contributed by atoms with Gasteiger partial charge in [0, 0.05) is 28.7 Å². The van der Waals surface area contributed by atoms with Gasteiger partial charge in [-0.25, -0.2) is 0 Å². The number of carbonyl (C=O) groups excluding carboxylic acids is 2. The highest BCUT2D eigenvalue weighted by molar-refractivity contribution is 6.05. The van der Waals surface area contributed by atoms with Crippen molar-refractivity contribution in [2.45, 2.75) is 46.7 Å². The van der Waals surface area contributed by atoms with E-state index in [4.69, 9.17) is 5.11 Å². The molecule has 0 saturated carbocycles. The Kier molecular flexibility index (Phi) is 6.05. The van der Waals surface area contributed by atoms with E-state index < -0.39 is 17.9 Å². The lowest BCUT2D eigenvalue weighted by Crippen LogP contribution is -2.38. The maximum absolute atomic E-state index is 12.6. The van der Waals surface area contributed by atoms with Gasteiger partial charge >= 0.3 is 5.97 Å². The lowest BCUT2D eigenvalue weighted by molar-refractivity contribution is -0.138. The van der Waals surface area contributed by atoms with Crippen LogP contribution < -0.4 is 10.6 Å². The minimum atomic E-state index is -1.11. The summed E-state index contributed by atoms with van der Waals surface area (Å²) in [6, 6.07) is 7.44. The quantitative estimate of drug-likeness (QED) is 0.726. The molecule has 0 spiro atoms. The minimum absolute atomic E-state index is 0.216. The molecule has 7 heteroatoms. The monoisotopic (exact) mass is 371 g/mol. The van der Waals surface area contributed by atoms with Gasteiger partial charge in [-0.05, 0) is 65.0 Å². The van der Waals surface area contributed by atoms with E-state index in [1.54, 1.807) is 12.1 Å². The Hall–Kier alpha value is -3.09. The Morgan fingerprint density at radius 1 is 1.00 bits per heavy atom. The maximum atomic E-state index is 12.6. The number of aryl methyl sites for hydroxylation is 1. The number of amides is 2. The molecule has 0 radical (unpaired) electrons. The fourth-order valence-corrected chi connectivity index (χ4v) is 3.05. The molecule has 1 atom stereocenters. The number of nitrogens with one attached hydrogen (secondary N) is 2.